The molecule has 17 heavy (non-hydrogen) atoms. The van der Waals surface area contributed by atoms with E-state index in [0.29, 0.717) is 35.8 Å². The standard InChI is InChI=1S/C12H22N4O/c1-5-17-12-10(13)11(15-7-16-12)14-6-9(4)8(2)3/h7-9H,5-6,13H2,1-4H3,(H,14,15,16). The molecule has 1 heterocycles. The van der Waals surface area contributed by atoms with Gasteiger partial charge in [-0.1, -0.05) is 20.8 Å². The highest BCUT2D eigenvalue weighted by Gasteiger charge is 2.11. The van der Waals surface area contributed by atoms with Crippen LogP contribution in [0.25, 0.3) is 0 Å². The second-order valence-corrected chi connectivity index (χ2v) is 4.48. The van der Waals surface area contributed by atoms with E-state index in [-0.39, 0.29) is 0 Å². The molecule has 0 aliphatic rings. The monoisotopic (exact) mass is 238 g/mol. The first-order valence-electron chi connectivity index (χ1n) is 6.03. The highest BCUT2D eigenvalue weighted by atomic mass is 16.5. The quantitative estimate of drug-likeness (QED) is 0.794. The van der Waals surface area contributed by atoms with E-state index in [1.54, 1.807) is 0 Å². The Balaban J connectivity index is 2.68. The van der Waals surface area contributed by atoms with Crippen molar-refractivity contribution in [3.63, 3.8) is 0 Å². The predicted octanol–water partition coefficient (Wildman–Crippen LogP) is 2.16. The lowest BCUT2D eigenvalue weighted by atomic mass is 9.98. The summed E-state index contributed by atoms with van der Waals surface area (Å²) in [4.78, 5) is 8.12. The molecule has 0 saturated carbocycles. The van der Waals surface area contributed by atoms with Crippen LogP contribution in [0.5, 0.6) is 5.88 Å². The number of nitrogens with zero attached hydrogens (tertiary/aromatic N) is 2. The van der Waals surface area contributed by atoms with Crippen molar-refractivity contribution < 1.29 is 4.74 Å². The zero-order valence-electron chi connectivity index (χ0n) is 11.0. The molecule has 1 rings (SSSR count). The van der Waals surface area contributed by atoms with Crippen LogP contribution >= 0.6 is 0 Å². The van der Waals surface area contributed by atoms with Crippen molar-refractivity contribution in [1.29, 1.82) is 0 Å². The van der Waals surface area contributed by atoms with Crippen LogP contribution in [-0.4, -0.2) is 23.1 Å². The molecule has 0 saturated heterocycles. The molecule has 1 aromatic heterocycles. The van der Waals surface area contributed by atoms with Gasteiger partial charge in [-0.2, -0.15) is 4.98 Å². The number of nitrogens with two attached hydrogens (primary N) is 1. The van der Waals surface area contributed by atoms with Crippen LogP contribution in [0.4, 0.5) is 11.5 Å². The first-order chi connectivity index (χ1) is 8.06. The highest BCUT2D eigenvalue weighted by molar-refractivity contribution is 5.66. The molecule has 1 aromatic rings. The molecule has 0 amide bonds. The zero-order chi connectivity index (χ0) is 12.8. The number of nitrogen functional groups attached to an aromatic ring is 1. The summed E-state index contributed by atoms with van der Waals surface area (Å²) >= 11 is 0. The number of nitrogens with one attached hydrogen (secondary N) is 1. The van der Waals surface area contributed by atoms with Gasteiger partial charge in [-0.25, -0.2) is 4.98 Å². The van der Waals surface area contributed by atoms with Gasteiger partial charge in [-0.05, 0) is 18.8 Å². The lowest BCUT2D eigenvalue weighted by molar-refractivity contribution is 0.328. The molecule has 1 unspecified atom stereocenters. The minimum absolute atomic E-state index is 0.446. The van der Waals surface area contributed by atoms with E-state index in [9.17, 15) is 0 Å². The van der Waals surface area contributed by atoms with Crippen molar-refractivity contribution >= 4 is 11.5 Å². The van der Waals surface area contributed by atoms with Gasteiger partial charge in [0.1, 0.15) is 12.0 Å². The van der Waals surface area contributed by atoms with Crippen LogP contribution < -0.4 is 15.8 Å². The highest BCUT2D eigenvalue weighted by Crippen LogP contribution is 2.24. The molecule has 1 atom stereocenters. The van der Waals surface area contributed by atoms with E-state index in [4.69, 9.17) is 10.5 Å². The van der Waals surface area contributed by atoms with Crippen LogP contribution in [0.15, 0.2) is 6.33 Å². The Bertz CT molecular complexity index is 354. The average Bonchev–Trinajstić information content (AvgIpc) is 2.30. The van der Waals surface area contributed by atoms with Gasteiger partial charge < -0.3 is 15.8 Å². The summed E-state index contributed by atoms with van der Waals surface area (Å²) in [5, 5.41) is 3.24. The second-order valence-electron chi connectivity index (χ2n) is 4.48. The van der Waals surface area contributed by atoms with E-state index in [2.05, 4.69) is 36.1 Å². The first kappa shape index (κ1) is 13.5. The van der Waals surface area contributed by atoms with Crippen LogP contribution in [0.1, 0.15) is 27.7 Å². The van der Waals surface area contributed by atoms with Gasteiger partial charge in [0.2, 0.25) is 5.88 Å². The maximum absolute atomic E-state index is 5.92. The number of hydrogen-bond donors (Lipinski definition) is 2. The lowest BCUT2D eigenvalue weighted by Gasteiger charge is -2.17. The van der Waals surface area contributed by atoms with Gasteiger partial charge in [0.05, 0.1) is 6.61 Å². The summed E-state index contributed by atoms with van der Waals surface area (Å²) in [5.74, 6) is 2.27. The van der Waals surface area contributed by atoms with Gasteiger partial charge in [0, 0.05) is 6.54 Å². The van der Waals surface area contributed by atoms with E-state index in [1.807, 2.05) is 6.92 Å². The normalized spacial score (nSPS) is 12.5. The number of rotatable bonds is 6. The van der Waals surface area contributed by atoms with Gasteiger partial charge >= 0.3 is 0 Å². The molecule has 96 valence electrons. The number of aromatic nitrogens is 2. The Morgan fingerprint density at radius 3 is 2.65 bits per heavy atom. The van der Waals surface area contributed by atoms with E-state index < -0.39 is 0 Å². The molecule has 0 aromatic carbocycles. The zero-order valence-corrected chi connectivity index (χ0v) is 11.0. The summed E-state index contributed by atoms with van der Waals surface area (Å²) in [6, 6.07) is 0. The molecular weight excluding hydrogens is 216 g/mol. The molecule has 0 aliphatic heterocycles. The summed E-state index contributed by atoms with van der Waals surface area (Å²) in [6.07, 6.45) is 1.46. The molecule has 0 fully saturated rings. The maximum atomic E-state index is 5.92. The third-order valence-corrected chi connectivity index (χ3v) is 2.86. The van der Waals surface area contributed by atoms with E-state index in [1.165, 1.54) is 6.33 Å². The fraction of sp³-hybridized carbons (Fsp3) is 0.667. The molecular formula is C12H22N4O. The molecule has 0 aliphatic carbocycles. The Morgan fingerprint density at radius 1 is 1.35 bits per heavy atom. The topological polar surface area (TPSA) is 73.1 Å². The minimum atomic E-state index is 0.446. The molecule has 5 nitrogen and oxygen atoms in total. The third kappa shape index (κ3) is 3.76. The average molecular weight is 238 g/mol. The molecule has 0 spiro atoms. The van der Waals surface area contributed by atoms with Crippen molar-refractivity contribution in [2.24, 2.45) is 11.8 Å². The first-order valence-corrected chi connectivity index (χ1v) is 6.03. The number of anilines is 2. The summed E-state index contributed by atoms with van der Waals surface area (Å²) in [6.45, 7) is 9.87. The Morgan fingerprint density at radius 2 is 2.06 bits per heavy atom. The third-order valence-electron chi connectivity index (χ3n) is 2.86. The van der Waals surface area contributed by atoms with Gasteiger partial charge in [-0.15, -0.1) is 0 Å². The van der Waals surface area contributed by atoms with Gasteiger partial charge in [0.25, 0.3) is 0 Å². The minimum Gasteiger partial charge on any atom is -0.476 e. The van der Waals surface area contributed by atoms with Crippen molar-refractivity contribution in [3.05, 3.63) is 6.33 Å². The molecule has 5 heteroatoms. The SMILES string of the molecule is CCOc1ncnc(NCC(C)C(C)C)c1N. The van der Waals surface area contributed by atoms with Gasteiger partial charge in [0.15, 0.2) is 5.82 Å². The largest absolute Gasteiger partial charge is 0.476 e. The Hall–Kier alpha value is -1.52. The Labute approximate surface area is 103 Å². The Kier molecular flexibility index (Phi) is 5.00. The van der Waals surface area contributed by atoms with Gasteiger partial charge in [-0.3, -0.25) is 0 Å². The maximum Gasteiger partial charge on any atom is 0.242 e. The van der Waals surface area contributed by atoms with E-state index in [0.717, 1.165) is 6.54 Å². The predicted molar refractivity (Wildman–Crippen MR) is 70.1 cm³/mol. The van der Waals surface area contributed by atoms with Crippen molar-refractivity contribution in [3.8, 4) is 5.88 Å². The van der Waals surface area contributed by atoms with Crippen molar-refractivity contribution in [1.82, 2.24) is 9.97 Å². The van der Waals surface area contributed by atoms with Crippen LogP contribution in [0.2, 0.25) is 0 Å². The van der Waals surface area contributed by atoms with Crippen LogP contribution in [0, 0.1) is 11.8 Å². The molecule has 0 radical (unpaired) electrons. The second kappa shape index (κ2) is 6.27. The van der Waals surface area contributed by atoms with Crippen LogP contribution in [-0.2, 0) is 0 Å². The smallest absolute Gasteiger partial charge is 0.242 e. The number of hydrogen-bond acceptors (Lipinski definition) is 5. The summed E-state index contributed by atoms with van der Waals surface area (Å²) in [7, 11) is 0. The fourth-order valence-corrected chi connectivity index (χ4v) is 1.27. The van der Waals surface area contributed by atoms with Crippen molar-refractivity contribution in [2.75, 3.05) is 24.2 Å². The van der Waals surface area contributed by atoms with Crippen LogP contribution in [0.3, 0.4) is 0 Å². The summed E-state index contributed by atoms with van der Waals surface area (Å²) < 4.78 is 5.32. The van der Waals surface area contributed by atoms with Crippen molar-refractivity contribution in [2.45, 2.75) is 27.7 Å². The fourth-order valence-electron chi connectivity index (χ4n) is 1.27. The van der Waals surface area contributed by atoms with E-state index >= 15 is 0 Å². The molecule has 3 N–H and O–H groups in total. The summed E-state index contributed by atoms with van der Waals surface area (Å²) in [5.41, 5.74) is 6.40. The number of ether oxygens (including phenoxy) is 1. The lowest BCUT2D eigenvalue weighted by Crippen LogP contribution is -2.18. The molecule has 0 bridgehead atoms.